The van der Waals surface area contributed by atoms with Gasteiger partial charge in [-0.1, -0.05) is 35.5 Å². The van der Waals surface area contributed by atoms with Crippen molar-refractivity contribution in [2.24, 2.45) is 11.8 Å². The molecule has 1 saturated carbocycles. The first-order valence-electron chi connectivity index (χ1n) is 6.18. The van der Waals surface area contributed by atoms with Gasteiger partial charge in [-0.05, 0) is 57.8 Å². The highest BCUT2D eigenvalue weighted by molar-refractivity contribution is 5.22. The molecule has 0 nitrogen and oxygen atoms in total. The van der Waals surface area contributed by atoms with Gasteiger partial charge in [-0.3, -0.25) is 0 Å². The smallest absolute Gasteiger partial charge is 0.0103 e. The topological polar surface area (TPSA) is 0 Å². The molecule has 2 bridgehead atoms. The van der Waals surface area contributed by atoms with Crippen molar-refractivity contribution < 1.29 is 0 Å². The zero-order valence-corrected chi connectivity index (χ0v) is 10.1. The molecule has 0 saturated heterocycles. The molecular formula is C15H22. The van der Waals surface area contributed by atoms with Crippen molar-refractivity contribution in [1.29, 1.82) is 0 Å². The van der Waals surface area contributed by atoms with Gasteiger partial charge < -0.3 is 0 Å². The van der Waals surface area contributed by atoms with E-state index < -0.39 is 0 Å². The summed E-state index contributed by atoms with van der Waals surface area (Å²) >= 11 is 0. The Labute approximate surface area is 93.8 Å². The van der Waals surface area contributed by atoms with E-state index in [9.17, 15) is 0 Å². The Balaban J connectivity index is 2.25. The Hall–Kier alpha value is -0.780. The molecule has 0 aromatic carbocycles. The van der Waals surface area contributed by atoms with Crippen molar-refractivity contribution in [2.45, 2.75) is 46.0 Å². The van der Waals surface area contributed by atoms with Crippen LogP contribution in [0.2, 0.25) is 0 Å². The molecule has 15 heavy (non-hydrogen) atoms. The molecule has 82 valence electrons. The van der Waals surface area contributed by atoms with E-state index in [1.165, 1.54) is 37.7 Å². The standard InChI is InChI=1S/C15H22/c1-11(2)14-9-8-13-7-5-4-6-12(3)15(14)10-13/h6-7,14-15H,1,4-5,8-10H2,2-3H3/b12-6-,13-7-/t14-,15+/m1/s1. The lowest BCUT2D eigenvalue weighted by molar-refractivity contribution is 0.357. The zero-order valence-electron chi connectivity index (χ0n) is 10.1. The third-order valence-corrected chi connectivity index (χ3v) is 4.03. The Kier molecular flexibility index (Phi) is 3.14. The van der Waals surface area contributed by atoms with Gasteiger partial charge in [-0.15, -0.1) is 0 Å². The van der Waals surface area contributed by atoms with Gasteiger partial charge in [0, 0.05) is 0 Å². The van der Waals surface area contributed by atoms with E-state index in [-0.39, 0.29) is 0 Å². The second-order valence-electron chi connectivity index (χ2n) is 5.19. The van der Waals surface area contributed by atoms with E-state index in [4.69, 9.17) is 0 Å². The third kappa shape index (κ3) is 2.25. The average Bonchev–Trinajstić information content (AvgIpc) is 2.22. The Morgan fingerprint density at radius 1 is 1.33 bits per heavy atom. The minimum absolute atomic E-state index is 0.733. The lowest BCUT2D eigenvalue weighted by atomic mass is 9.70. The predicted molar refractivity (Wildman–Crippen MR) is 66.7 cm³/mol. The third-order valence-electron chi connectivity index (χ3n) is 4.03. The van der Waals surface area contributed by atoms with E-state index in [0.29, 0.717) is 0 Å². The summed E-state index contributed by atoms with van der Waals surface area (Å²) in [6.07, 6.45) is 11.3. The summed E-state index contributed by atoms with van der Waals surface area (Å²) in [5.74, 6) is 1.49. The average molecular weight is 202 g/mol. The van der Waals surface area contributed by atoms with Crippen molar-refractivity contribution in [2.75, 3.05) is 0 Å². The summed E-state index contributed by atoms with van der Waals surface area (Å²) in [5, 5.41) is 0. The summed E-state index contributed by atoms with van der Waals surface area (Å²) in [5.41, 5.74) is 4.69. The maximum atomic E-state index is 4.17. The van der Waals surface area contributed by atoms with Crippen LogP contribution in [-0.4, -0.2) is 0 Å². The van der Waals surface area contributed by atoms with Crippen LogP contribution in [0.5, 0.6) is 0 Å². The monoisotopic (exact) mass is 202 g/mol. The molecule has 1 fully saturated rings. The van der Waals surface area contributed by atoms with Gasteiger partial charge in [0.05, 0.1) is 0 Å². The first-order valence-corrected chi connectivity index (χ1v) is 6.18. The second-order valence-corrected chi connectivity index (χ2v) is 5.19. The van der Waals surface area contributed by atoms with Crippen molar-refractivity contribution in [1.82, 2.24) is 0 Å². The van der Waals surface area contributed by atoms with E-state index in [0.717, 1.165) is 11.8 Å². The molecule has 0 heterocycles. The summed E-state index contributed by atoms with van der Waals surface area (Å²) < 4.78 is 0. The highest BCUT2D eigenvalue weighted by Gasteiger charge is 2.29. The fraction of sp³-hybridized carbons (Fsp3) is 0.600. The molecule has 2 aliphatic carbocycles. The molecule has 0 amide bonds. The highest BCUT2D eigenvalue weighted by atomic mass is 14.3. The summed E-state index contributed by atoms with van der Waals surface area (Å²) in [4.78, 5) is 0. The number of fused-ring (bicyclic) bond motifs is 2. The molecule has 0 aromatic rings. The van der Waals surface area contributed by atoms with E-state index in [2.05, 4.69) is 32.6 Å². The summed E-state index contributed by atoms with van der Waals surface area (Å²) in [6.45, 7) is 8.68. The molecule has 0 N–H and O–H groups in total. The van der Waals surface area contributed by atoms with Crippen molar-refractivity contribution in [3.63, 3.8) is 0 Å². The summed E-state index contributed by atoms with van der Waals surface area (Å²) in [7, 11) is 0. The number of allylic oxidation sites excluding steroid dienone is 5. The van der Waals surface area contributed by atoms with Crippen molar-refractivity contribution >= 4 is 0 Å². The van der Waals surface area contributed by atoms with Crippen LogP contribution in [0.1, 0.15) is 46.0 Å². The molecule has 0 aliphatic heterocycles. The number of hydrogen-bond acceptors (Lipinski definition) is 0. The molecule has 0 spiro atoms. The first kappa shape index (κ1) is 10.7. The van der Waals surface area contributed by atoms with Gasteiger partial charge in [-0.2, -0.15) is 0 Å². The van der Waals surface area contributed by atoms with Crippen molar-refractivity contribution in [3.8, 4) is 0 Å². The number of hydrogen-bond donors (Lipinski definition) is 0. The van der Waals surface area contributed by atoms with Gasteiger partial charge >= 0.3 is 0 Å². The SMILES string of the molecule is C=C(C)[C@H]1CC/C2=C/CC/C=C(/C)[C@@H]1C2. The van der Waals surface area contributed by atoms with Crippen LogP contribution in [-0.2, 0) is 0 Å². The first-order chi connectivity index (χ1) is 7.18. The minimum Gasteiger partial charge on any atom is -0.0998 e. The quantitative estimate of drug-likeness (QED) is 0.543. The van der Waals surface area contributed by atoms with Crippen LogP contribution >= 0.6 is 0 Å². The van der Waals surface area contributed by atoms with Gasteiger partial charge in [0.25, 0.3) is 0 Å². The van der Waals surface area contributed by atoms with Crippen LogP contribution in [0.4, 0.5) is 0 Å². The molecule has 2 aliphatic rings. The predicted octanol–water partition coefficient (Wildman–Crippen LogP) is 4.65. The van der Waals surface area contributed by atoms with Crippen molar-refractivity contribution in [3.05, 3.63) is 35.5 Å². The van der Waals surface area contributed by atoms with E-state index >= 15 is 0 Å². The van der Waals surface area contributed by atoms with Gasteiger partial charge in [0.15, 0.2) is 0 Å². The van der Waals surface area contributed by atoms with Crippen LogP contribution < -0.4 is 0 Å². The second kappa shape index (κ2) is 4.38. The highest BCUT2D eigenvalue weighted by Crippen LogP contribution is 2.42. The lowest BCUT2D eigenvalue weighted by Crippen LogP contribution is -2.23. The fourth-order valence-electron chi connectivity index (χ4n) is 3.07. The maximum Gasteiger partial charge on any atom is -0.0103 e. The fourth-order valence-corrected chi connectivity index (χ4v) is 3.07. The van der Waals surface area contributed by atoms with Gasteiger partial charge in [0.2, 0.25) is 0 Å². The zero-order chi connectivity index (χ0) is 10.8. The van der Waals surface area contributed by atoms with E-state index in [1.807, 2.05) is 0 Å². The normalized spacial score (nSPS) is 38.0. The number of rotatable bonds is 1. The van der Waals surface area contributed by atoms with Crippen LogP contribution in [0.3, 0.4) is 0 Å². The molecule has 0 unspecified atom stereocenters. The Morgan fingerprint density at radius 2 is 2.07 bits per heavy atom. The lowest BCUT2D eigenvalue weighted by Gasteiger charge is -2.35. The van der Waals surface area contributed by atoms with Crippen LogP contribution in [0, 0.1) is 11.8 Å². The molecule has 2 atom stereocenters. The molecule has 2 rings (SSSR count). The molecule has 0 aromatic heterocycles. The van der Waals surface area contributed by atoms with Crippen LogP contribution in [0.25, 0.3) is 0 Å². The molecular weight excluding hydrogens is 180 g/mol. The van der Waals surface area contributed by atoms with Crippen LogP contribution in [0.15, 0.2) is 35.5 Å². The largest absolute Gasteiger partial charge is 0.0998 e. The summed E-state index contributed by atoms with van der Waals surface area (Å²) in [6, 6.07) is 0. The van der Waals surface area contributed by atoms with E-state index in [1.54, 1.807) is 11.1 Å². The van der Waals surface area contributed by atoms with Gasteiger partial charge in [-0.25, -0.2) is 0 Å². The maximum absolute atomic E-state index is 4.17. The molecule has 0 radical (unpaired) electrons. The van der Waals surface area contributed by atoms with Gasteiger partial charge in [0.1, 0.15) is 0 Å². The Bertz CT molecular complexity index is 317. The molecule has 0 heteroatoms. The minimum atomic E-state index is 0.733. The Morgan fingerprint density at radius 3 is 2.80 bits per heavy atom.